The molecule has 24 heavy (non-hydrogen) atoms. The number of nitrogens with one attached hydrogen (secondary N) is 1. The fourth-order valence-electron chi connectivity index (χ4n) is 1.82. The molecule has 0 unspecified atom stereocenters. The van der Waals surface area contributed by atoms with Crippen molar-refractivity contribution in [3.05, 3.63) is 51.6 Å². The van der Waals surface area contributed by atoms with Crippen LogP contribution in [0.15, 0.2) is 47.6 Å². The Bertz CT molecular complexity index is 734. The molecule has 0 aliphatic rings. The van der Waals surface area contributed by atoms with Crippen LogP contribution in [0.25, 0.3) is 0 Å². The second-order valence-electron chi connectivity index (χ2n) is 4.66. The number of halogens is 1. The van der Waals surface area contributed by atoms with Crippen LogP contribution in [0.1, 0.15) is 12.5 Å². The van der Waals surface area contributed by atoms with E-state index in [1.54, 1.807) is 36.4 Å². The van der Waals surface area contributed by atoms with Crippen molar-refractivity contribution in [1.29, 1.82) is 0 Å². The lowest BCUT2D eigenvalue weighted by molar-refractivity contribution is -0.123. The van der Waals surface area contributed by atoms with Crippen molar-refractivity contribution >= 4 is 34.7 Å². The third kappa shape index (κ3) is 5.41. The van der Waals surface area contributed by atoms with Crippen molar-refractivity contribution in [2.45, 2.75) is 6.92 Å². The summed E-state index contributed by atoms with van der Waals surface area (Å²) in [5.41, 5.74) is 2.87. The highest BCUT2D eigenvalue weighted by Gasteiger charge is 2.06. The Morgan fingerprint density at radius 2 is 1.96 bits per heavy atom. The number of hydrazone groups is 1. The summed E-state index contributed by atoms with van der Waals surface area (Å²) < 4.78 is 11.8. The van der Waals surface area contributed by atoms with Crippen LogP contribution < -0.4 is 14.9 Å². The summed E-state index contributed by atoms with van der Waals surface area (Å²) in [5, 5.41) is 13.5. The summed E-state index contributed by atoms with van der Waals surface area (Å²) in [7, 11) is 0. The molecule has 0 aromatic heterocycles. The van der Waals surface area contributed by atoms with E-state index in [0.717, 1.165) is 3.57 Å². The van der Waals surface area contributed by atoms with Crippen molar-refractivity contribution in [1.82, 2.24) is 5.43 Å². The van der Waals surface area contributed by atoms with Gasteiger partial charge in [-0.1, -0.05) is 12.1 Å². The number of nitrogens with zero attached hydrogens (tertiary/aromatic N) is 1. The quantitative estimate of drug-likeness (QED) is 0.394. The Labute approximate surface area is 153 Å². The molecule has 0 atom stereocenters. The molecule has 7 heteroatoms. The number of carbonyl (C=O) groups excluding carboxylic acids is 1. The lowest BCUT2D eigenvalue weighted by Gasteiger charge is -2.10. The second-order valence-corrected chi connectivity index (χ2v) is 5.91. The Kier molecular flexibility index (Phi) is 6.86. The summed E-state index contributed by atoms with van der Waals surface area (Å²) in [6.45, 7) is 2.19. The third-order valence-corrected chi connectivity index (χ3v) is 3.56. The maximum Gasteiger partial charge on any atom is 0.277 e. The fourth-order valence-corrected chi connectivity index (χ4v) is 2.34. The Morgan fingerprint density at radius 1 is 1.25 bits per heavy atom. The normalized spacial score (nSPS) is 10.6. The van der Waals surface area contributed by atoms with Gasteiger partial charge in [-0.05, 0) is 59.8 Å². The molecule has 126 valence electrons. The van der Waals surface area contributed by atoms with Crippen molar-refractivity contribution in [2.24, 2.45) is 5.10 Å². The van der Waals surface area contributed by atoms with Gasteiger partial charge in [-0.2, -0.15) is 5.10 Å². The Morgan fingerprint density at radius 3 is 2.67 bits per heavy atom. The first-order valence-electron chi connectivity index (χ1n) is 7.25. The monoisotopic (exact) mass is 440 g/mol. The number of phenolic OH excluding ortho intramolecular Hbond substituents is 1. The second kappa shape index (κ2) is 9.11. The van der Waals surface area contributed by atoms with Crippen LogP contribution in [0, 0.1) is 3.57 Å². The molecule has 6 nitrogen and oxygen atoms in total. The molecule has 0 fully saturated rings. The van der Waals surface area contributed by atoms with E-state index in [9.17, 15) is 9.90 Å². The summed E-state index contributed by atoms with van der Waals surface area (Å²) >= 11 is 2.12. The lowest BCUT2D eigenvalue weighted by atomic mass is 10.2. The number of carbonyl (C=O) groups is 1. The minimum Gasteiger partial charge on any atom is -0.507 e. The largest absolute Gasteiger partial charge is 0.507 e. The first kappa shape index (κ1) is 18.1. The summed E-state index contributed by atoms with van der Waals surface area (Å²) in [6, 6.07) is 12.2. The van der Waals surface area contributed by atoms with E-state index < -0.39 is 5.91 Å². The van der Waals surface area contributed by atoms with Gasteiger partial charge in [0.1, 0.15) is 5.75 Å². The van der Waals surface area contributed by atoms with Crippen LogP contribution in [0.4, 0.5) is 0 Å². The molecule has 0 heterocycles. The van der Waals surface area contributed by atoms with E-state index in [4.69, 9.17) is 9.47 Å². The van der Waals surface area contributed by atoms with Crippen LogP contribution in [-0.2, 0) is 4.79 Å². The molecule has 0 aliphatic carbocycles. The zero-order valence-electron chi connectivity index (χ0n) is 13.0. The van der Waals surface area contributed by atoms with Gasteiger partial charge in [0, 0.05) is 9.13 Å². The molecule has 0 saturated heterocycles. The van der Waals surface area contributed by atoms with Gasteiger partial charge in [-0.3, -0.25) is 4.79 Å². The molecule has 0 saturated carbocycles. The highest BCUT2D eigenvalue weighted by molar-refractivity contribution is 14.1. The van der Waals surface area contributed by atoms with Crippen molar-refractivity contribution in [2.75, 3.05) is 13.2 Å². The molecule has 2 aromatic rings. The number of hydrogen-bond acceptors (Lipinski definition) is 5. The van der Waals surface area contributed by atoms with Crippen LogP contribution in [0.5, 0.6) is 17.2 Å². The van der Waals surface area contributed by atoms with Gasteiger partial charge in [-0.15, -0.1) is 0 Å². The predicted molar refractivity (Wildman–Crippen MR) is 99.7 cm³/mol. The zero-order valence-corrected chi connectivity index (χ0v) is 15.2. The molecule has 0 spiro atoms. The average molecular weight is 440 g/mol. The number of ether oxygens (including phenoxy) is 2. The third-order valence-electron chi connectivity index (χ3n) is 2.89. The number of para-hydroxylation sites is 2. The molecule has 2 N–H and O–H groups in total. The van der Waals surface area contributed by atoms with E-state index in [0.29, 0.717) is 23.7 Å². The Hall–Kier alpha value is -2.29. The number of phenols is 1. The number of benzene rings is 2. The SMILES string of the molecule is CCOc1ccccc1OCC(=O)NN=Cc1cc(I)ccc1O. The molecule has 2 rings (SSSR count). The summed E-state index contributed by atoms with van der Waals surface area (Å²) in [6.07, 6.45) is 1.38. The number of amides is 1. The van der Waals surface area contributed by atoms with Gasteiger partial charge < -0.3 is 14.6 Å². The van der Waals surface area contributed by atoms with Crippen molar-refractivity contribution < 1.29 is 19.4 Å². The van der Waals surface area contributed by atoms with Crippen LogP contribution in [0.2, 0.25) is 0 Å². The average Bonchev–Trinajstić information content (AvgIpc) is 2.57. The van der Waals surface area contributed by atoms with Gasteiger partial charge in [0.2, 0.25) is 0 Å². The molecule has 0 radical (unpaired) electrons. The minimum atomic E-state index is -0.414. The maximum atomic E-state index is 11.8. The topological polar surface area (TPSA) is 80.2 Å². The lowest BCUT2D eigenvalue weighted by Crippen LogP contribution is -2.24. The van der Waals surface area contributed by atoms with E-state index in [2.05, 4.69) is 33.1 Å². The van der Waals surface area contributed by atoms with Crippen LogP contribution >= 0.6 is 22.6 Å². The summed E-state index contributed by atoms with van der Waals surface area (Å²) in [4.78, 5) is 11.8. The van der Waals surface area contributed by atoms with E-state index in [1.807, 2.05) is 13.0 Å². The van der Waals surface area contributed by atoms with Gasteiger partial charge in [-0.25, -0.2) is 5.43 Å². The summed E-state index contributed by atoms with van der Waals surface area (Å²) in [5.74, 6) is 0.756. The predicted octanol–water partition coefficient (Wildman–Crippen LogP) is 2.92. The number of aromatic hydroxyl groups is 1. The standard InChI is InChI=1S/C17H17IN2O4/c1-2-23-15-5-3-4-6-16(15)24-11-17(22)20-19-10-12-9-13(18)7-8-14(12)21/h3-10,21H,2,11H2,1H3,(H,20,22). The zero-order chi connectivity index (χ0) is 17.4. The van der Waals surface area contributed by atoms with Gasteiger partial charge in [0.15, 0.2) is 18.1 Å². The molecular weight excluding hydrogens is 423 g/mol. The Balaban J connectivity index is 1.88. The van der Waals surface area contributed by atoms with Gasteiger partial charge >= 0.3 is 0 Å². The van der Waals surface area contributed by atoms with E-state index >= 15 is 0 Å². The van der Waals surface area contributed by atoms with Crippen molar-refractivity contribution in [3.8, 4) is 17.2 Å². The molecule has 2 aromatic carbocycles. The van der Waals surface area contributed by atoms with Crippen molar-refractivity contribution in [3.63, 3.8) is 0 Å². The fraction of sp³-hybridized carbons (Fsp3) is 0.176. The first-order valence-corrected chi connectivity index (χ1v) is 8.33. The molecule has 0 bridgehead atoms. The minimum absolute atomic E-state index is 0.0929. The smallest absolute Gasteiger partial charge is 0.277 e. The number of rotatable bonds is 7. The maximum absolute atomic E-state index is 11.8. The van der Waals surface area contributed by atoms with Crippen LogP contribution in [-0.4, -0.2) is 30.4 Å². The van der Waals surface area contributed by atoms with Crippen LogP contribution in [0.3, 0.4) is 0 Å². The molecule has 1 amide bonds. The van der Waals surface area contributed by atoms with Gasteiger partial charge in [0.05, 0.1) is 12.8 Å². The molecule has 0 aliphatic heterocycles. The highest BCUT2D eigenvalue weighted by Crippen LogP contribution is 2.26. The molecular formula is C17H17IN2O4. The number of hydrogen-bond donors (Lipinski definition) is 2. The van der Waals surface area contributed by atoms with E-state index in [1.165, 1.54) is 6.21 Å². The first-order chi connectivity index (χ1) is 11.6. The van der Waals surface area contributed by atoms with Gasteiger partial charge in [0.25, 0.3) is 5.91 Å². The highest BCUT2D eigenvalue weighted by atomic mass is 127. The van der Waals surface area contributed by atoms with E-state index in [-0.39, 0.29) is 12.4 Å².